The van der Waals surface area contributed by atoms with Crippen LogP contribution in [0.2, 0.25) is 0 Å². The minimum Gasteiger partial charge on any atom is -0.462 e. The third-order valence-corrected chi connectivity index (χ3v) is 2.39. The highest BCUT2D eigenvalue weighted by atomic mass is 32.1. The maximum Gasteiger partial charge on any atom is 0.418 e. The Kier molecular flexibility index (Phi) is 4.24. The van der Waals surface area contributed by atoms with Gasteiger partial charge in [0.25, 0.3) is 0 Å². The Morgan fingerprint density at radius 3 is 2.56 bits per heavy atom. The van der Waals surface area contributed by atoms with Crippen LogP contribution in [-0.4, -0.2) is 12.6 Å². The Morgan fingerprint density at radius 1 is 1.50 bits per heavy atom. The molecule has 3 nitrogen and oxygen atoms in total. The number of hydrogen-bond donors (Lipinski definition) is 1. The first-order valence-electron chi connectivity index (χ1n) is 4.82. The first-order valence-corrected chi connectivity index (χ1v) is 5.27. The number of alkyl halides is 3. The summed E-state index contributed by atoms with van der Waals surface area (Å²) in [5, 5.41) is 8.71. The molecule has 7 heteroatoms. The molecular weight excluding hydrogens is 267 g/mol. The normalized spacial score (nSPS) is 10.9. The summed E-state index contributed by atoms with van der Waals surface area (Å²) < 4.78 is 42.6. The Bertz CT molecular complexity index is 520. The topological polar surface area (TPSA) is 50.1 Å². The van der Waals surface area contributed by atoms with Crippen molar-refractivity contribution >= 4 is 18.6 Å². The van der Waals surface area contributed by atoms with Crippen molar-refractivity contribution in [2.45, 2.75) is 18.0 Å². The van der Waals surface area contributed by atoms with E-state index in [1.54, 1.807) is 6.92 Å². The van der Waals surface area contributed by atoms with Crippen LogP contribution in [0.5, 0.6) is 0 Å². The monoisotopic (exact) mass is 275 g/mol. The van der Waals surface area contributed by atoms with Crippen LogP contribution in [0, 0.1) is 11.3 Å². The van der Waals surface area contributed by atoms with Crippen molar-refractivity contribution in [1.29, 1.82) is 5.26 Å². The van der Waals surface area contributed by atoms with E-state index in [9.17, 15) is 18.0 Å². The molecule has 0 N–H and O–H groups in total. The summed E-state index contributed by atoms with van der Waals surface area (Å²) in [7, 11) is 0. The van der Waals surface area contributed by atoms with E-state index < -0.39 is 28.2 Å². The zero-order valence-corrected chi connectivity index (χ0v) is 10.1. The Labute approximate surface area is 107 Å². The highest BCUT2D eigenvalue weighted by Gasteiger charge is 2.36. The van der Waals surface area contributed by atoms with Crippen LogP contribution >= 0.6 is 12.6 Å². The van der Waals surface area contributed by atoms with Crippen molar-refractivity contribution in [3.8, 4) is 6.07 Å². The second kappa shape index (κ2) is 5.31. The molecule has 0 radical (unpaired) electrons. The number of benzene rings is 1. The molecule has 18 heavy (non-hydrogen) atoms. The fourth-order valence-corrected chi connectivity index (χ4v) is 1.73. The second-order valence-corrected chi connectivity index (χ2v) is 3.73. The zero-order chi connectivity index (χ0) is 13.9. The predicted octanol–water partition coefficient (Wildman–Crippen LogP) is 3.04. The first kappa shape index (κ1) is 14.4. The number of rotatable bonds is 2. The van der Waals surface area contributed by atoms with Gasteiger partial charge in [-0.2, -0.15) is 18.4 Å². The number of carbonyl (C=O) groups is 1. The van der Waals surface area contributed by atoms with Gasteiger partial charge in [0.1, 0.15) is 0 Å². The number of ether oxygens (including phenoxy) is 1. The van der Waals surface area contributed by atoms with Crippen molar-refractivity contribution in [3.05, 3.63) is 28.8 Å². The van der Waals surface area contributed by atoms with Gasteiger partial charge in [-0.15, -0.1) is 12.6 Å². The van der Waals surface area contributed by atoms with Gasteiger partial charge in [0.2, 0.25) is 0 Å². The lowest BCUT2D eigenvalue weighted by Gasteiger charge is -2.12. The van der Waals surface area contributed by atoms with Gasteiger partial charge in [0.15, 0.2) is 0 Å². The average Bonchev–Trinajstić information content (AvgIpc) is 2.26. The Balaban J connectivity index is 3.38. The van der Waals surface area contributed by atoms with Crippen LogP contribution in [0.25, 0.3) is 0 Å². The van der Waals surface area contributed by atoms with Crippen LogP contribution in [0.4, 0.5) is 13.2 Å². The highest BCUT2D eigenvalue weighted by molar-refractivity contribution is 7.80. The van der Waals surface area contributed by atoms with E-state index in [-0.39, 0.29) is 12.2 Å². The highest BCUT2D eigenvalue weighted by Crippen LogP contribution is 2.36. The molecule has 0 aromatic heterocycles. The van der Waals surface area contributed by atoms with Crippen molar-refractivity contribution in [2.75, 3.05) is 6.61 Å². The largest absolute Gasteiger partial charge is 0.462 e. The quantitative estimate of drug-likeness (QED) is 0.666. The minimum atomic E-state index is -4.70. The summed E-state index contributed by atoms with van der Waals surface area (Å²) in [4.78, 5) is 10.9. The number of nitriles is 1. The molecule has 0 heterocycles. The molecule has 0 saturated carbocycles. The summed E-state index contributed by atoms with van der Waals surface area (Å²) in [6.07, 6.45) is -4.70. The number of esters is 1. The van der Waals surface area contributed by atoms with E-state index in [2.05, 4.69) is 17.4 Å². The summed E-state index contributed by atoms with van der Waals surface area (Å²) in [6, 6.07) is 3.19. The Hall–Kier alpha value is -1.68. The van der Waals surface area contributed by atoms with Crippen LogP contribution in [0.1, 0.15) is 28.4 Å². The summed E-state index contributed by atoms with van der Waals surface area (Å²) in [5.41, 5.74) is -1.94. The summed E-state index contributed by atoms with van der Waals surface area (Å²) in [5.74, 6) is -0.793. The zero-order valence-electron chi connectivity index (χ0n) is 9.21. The van der Waals surface area contributed by atoms with Gasteiger partial charge in [-0.05, 0) is 19.1 Å². The number of hydrogen-bond acceptors (Lipinski definition) is 4. The van der Waals surface area contributed by atoms with Crippen LogP contribution < -0.4 is 0 Å². The maximum atomic E-state index is 12.7. The molecule has 0 saturated heterocycles. The molecule has 0 unspecified atom stereocenters. The van der Waals surface area contributed by atoms with Crippen LogP contribution in [0.3, 0.4) is 0 Å². The fraction of sp³-hybridized carbons (Fsp3) is 0.273. The average molecular weight is 275 g/mol. The lowest BCUT2D eigenvalue weighted by Crippen LogP contribution is -2.12. The van der Waals surface area contributed by atoms with Crippen molar-refractivity contribution < 1.29 is 22.7 Å². The van der Waals surface area contributed by atoms with E-state index in [0.29, 0.717) is 0 Å². The number of carbonyl (C=O) groups excluding carboxylic acids is 1. The molecule has 0 atom stereocenters. The van der Waals surface area contributed by atoms with Crippen molar-refractivity contribution in [2.24, 2.45) is 0 Å². The molecule has 0 bridgehead atoms. The van der Waals surface area contributed by atoms with Crippen LogP contribution in [-0.2, 0) is 10.9 Å². The fourth-order valence-electron chi connectivity index (χ4n) is 1.35. The van der Waals surface area contributed by atoms with E-state index in [1.165, 1.54) is 6.07 Å². The van der Waals surface area contributed by atoms with Gasteiger partial charge in [-0.1, -0.05) is 0 Å². The van der Waals surface area contributed by atoms with Crippen molar-refractivity contribution in [3.63, 3.8) is 0 Å². The molecule has 0 aliphatic rings. The maximum absolute atomic E-state index is 12.7. The first-order chi connectivity index (χ1) is 8.31. The second-order valence-electron chi connectivity index (χ2n) is 3.25. The lowest BCUT2D eigenvalue weighted by molar-refractivity contribution is -0.139. The van der Waals surface area contributed by atoms with Crippen LogP contribution in [0.15, 0.2) is 17.0 Å². The molecule has 1 rings (SSSR count). The van der Waals surface area contributed by atoms with Gasteiger partial charge in [0.05, 0.1) is 29.4 Å². The number of thiol groups is 1. The molecule has 0 fully saturated rings. The SMILES string of the molecule is CCOC(=O)c1cc(S)c(C(F)(F)F)c(C#N)c1. The minimum absolute atomic E-state index is 0.0870. The molecule has 0 amide bonds. The smallest absolute Gasteiger partial charge is 0.418 e. The number of nitrogens with zero attached hydrogens (tertiary/aromatic N) is 1. The summed E-state index contributed by atoms with van der Waals surface area (Å²) in [6.45, 7) is 1.65. The Morgan fingerprint density at radius 2 is 2.11 bits per heavy atom. The predicted molar refractivity (Wildman–Crippen MR) is 59.4 cm³/mol. The molecule has 1 aromatic rings. The molecule has 0 aliphatic carbocycles. The van der Waals surface area contributed by atoms with E-state index in [4.69, 9.17) is 5.26 Å². The summed E-state index contributed by atoms with van der Waals surface area (Å²) >= 11 is 3.67. The van der Waals surface area contributed by atoms with Gasteiger partial charge in [0, 0.05) is 4.90 Å². The van der Waals surface area contributed by atoms with Crippen molar-refractivity contribution in [1.82, 2.24) is 0 Å². The third-order valence-electron chi connectivity index (χ3n) is 2.03. The molecule has 1 aromatic carbocycles. The standard InChI is InChI=1S/C11H8F3NO2S/c1-2-17-10(16)6-3-7(5-15)9(8(18)4-6)11(12,13)14/h3-4,18H,2H2,1H3. The van der Waals surface area contributed by atoms with E-state index in [1.807, 2.05) is 0 Å². The van der Waals surface area contributed by atoms with E-state index >= 15 is 0 Å². The van der Waals surface area contributed by atoms with Gasteiger partial charge < -0.3 is 4.74 Å². The third kappa shape index (κ3) is 2.96. The molecule has 96 valence electrons. The van der Waals surface area contributed by atoms with Gasteiger partial charge in [-0.25, -0.2) is 4.79 Å². The van der Waals surface area contributed by atoms with E-state index in [0.717, 1.165) is 12.1 Å². The number of halogens is 3. The molecular formula is C11H8F3NO2S. The van der Waals surface area contributed by atoms with Gasteiger partial charge in [-0.3, -0.25) is 0 Å². The lowest BCUT2D eigenvalue weighted by atomic mass is 10.0. The van der Waals surface area contributed by atoms with Gasteiger partial charge >= 0.3 is 12.1 Å². The molecule has 0 aliphatic heterocycles. The molecule has 0 spiro atoms.